The number of ether oxygens (including phenoxy) is 1. The minimum atomic E-state index is -0.318. The van der Waals surface area contributed by atoms with Gasteiger partial charge in [0.25, 0.3) is 6.47 Å². The van der Waals surface area contributed by atoms with Gasteiger partial charge in [0.05, 0.1) is 0 Å². The molecule has 0 saturated heterocycles. The lowest BCUT2D eigenvalue weighted by molar-refractivity contribution is -0.138. The first kappa shape index (κ1) is 14.3. The van der Waals surface area contributed by atoms with Crippen molar-refractivity contribution in [2.24, 2.45) is 0 Å². The van der Waals surface area contributed by atoms with Gasteiger partial charge in [-0.15, -0.1) is 0 Å². The molecule has 4 nitrogen and oxygen atoms in total. The van der Waals surface area contributed by atoms with Crippen LogP contribution in [0.3, 0.4) is 0 Å². The highest BCUT2D eigenvalue weighted by molar-refractivity contribution is 5.50. The van der Waals surface area contributed by atoms with Gasteiger partial charge in [0.15, 0.2) is 0 Å². The van der Waals surface area contributed by atoms with Gasteiger partial charge in [-0.25, -0.2) is 0 Å². The smallest absolute Gasteiger partial charge is 0.293 e. The highest BCUT2D eigenvalue weighted by Gasteiger charge is 2.07. The van der Waals surface area contributed by atoms with E-state index in [1.54, 1.807) is 0 Å². The second-order valence-corrected chi connectivity index (χ2v) is 4.20. The van der Waals surface area contributed by atoms with Gasteiger partial charge in [-0.3, -0.25) is 4.79 Å². The van der Waals surface area contributed by atoms with Gasteiger partial charge in [-0.05, 0) is 45.0 Å². The summed E-state index contributed by atoms with van der Waals surface area (Å²) in [5.74, 6) is 0. The predicted molar refractivity (Wildman–Crippen MR) is 67.3 cm³/mol. The number of anilines is 2. The average Bonchev–Trinajstić information content (AvgIpc) is 2.18. The minimum absolute atomic E-state index is 0.318. The third-order valence-electron chi connectivity index (χ3n) is 1.60. The Morgan fingerprint density at radius 1 is 1.25 bits per heavy atom. The maximum atomic E-state index is 9.60. The molecular formula is C12H20N2O2. The Morgan fingerprint density at radius 2 is 1.75 bits per heavy atom. The van der Waals surface area contributed by atoms with E-state index in [1.165, 1.54) is 0 Å². The predicted octanol–water partition coefficient (Wildman–Crippen LogP) is 2.27. The van der Waals surface area contributed by atoms with Gasteiger partial charge < -0.3 is 15.8 Å². The van der Waals surface area contributed by atoms with Crippen LogP contribution in [0.25, 0.3) is 0 Å². The molecule has 0 spiro atoms. The number of nitrogen functional groups attached to an aromatic ring is 1. The zero-order valence-corrected chi connectivity index (χ0v) is 10.3. The summed E-state index contributed by atoms with van der Waals surface area (Å²) in [5.41, 5.74) is 7.02. The SMILES string of the molecule is CC(C)(C)OC=O.CNc1ccc(N)cc1. The van der Waals surface area contributed by atoms with Crippen LogP contribution >= 0.6 is 0 Å². The zero-order valence-electron chi connectivity index (χ0n) is 10.3. The molecule has 1 aromatic rings. The van der Waals surface area contributed by atoms with Crippen LogP contribution in [0.15, 0.2) is 24.3 Å². The van der Waals surface area contributed by atoms with E-state index in [9.17, 15) is 4.79 Å². The number of benzene rings is 1. The van der Waals surface area contributed by atoms with Gasteiger partial charge in [0.1, 0.15) is 5.60 Å². The Kier molecular flexibility index (Phi) is 6.00. The second kappa shape index (κ2) is 6.71. The van der Waals surface area contributed by atoms with Crippen LogP contribution < -0.4 is 11.1 Å². The summed E-state index contributed by atoms with van der Waals surface area (Å²) < 4.78 is 4.55. The lowest BCUT2D eigenvalue weighted by Crippen LogP contribution is -2.17. The van der Waals surface area contributed by atoms with E-state index in [-0.39, 0.29) is 5.60 Å². The third-order valence-corrected chi connectivity index (χ3v) is 1.60. The average molecular weight is 224 g/mol. The summed E-state index contributed by atoms with van der Waals surface area (Å²) in [7, 11) is 1.88. The van der Waals surface area contributed by atoms with Crippen LogP contribution in [0.4, 0.5) is 11.4 Å². The number of carbonyl (C=O) groups is 1. The first-order valence-electron chi connectivity index (χ1n) is 5.04. The Labute approximate surface area is 96.8 Å². The Balaban J connectivity index is 0.000000293. The van der Waals surface area contributed by atoms with E-state index in [4.69, 9.17) is 5.73 Å². The number of hydrogen-bond donors (Lipinski definition) is 2. The van der Waals surface area contributed by atoms with Crippen molar-refractivity contribution >= 4 is 17.8 Å². The standard InChI is InChI=1S/C7H10N2.C5H10O2/c1-9-7-4-2-6(8)3-5-7;1-5(2,3)7-4-6/h2-5,9H,8H2,1H3;4H,1-3H3. The number of rotatable bonds is 2. The van der Waals surface area contributed by atoms with E-state index in [0.717, 1.165) is 11.4 Å². The van der Waals surface area contributed by atoms with Crippen molar-refractivity contribution < 1.29 is 9.53 Å². The van der Waals surface area contributed by atoms with Gasteiger partial charge in [0.2, 0.25) is 0 Å². The number of hydrogen-bond acceptors (Lipinski definition) is 4. The fraction of sp³-hybridized carbons (Fsp3) is 0.417. The molecule has 0 radical (unpaired) electrons. The Bertz CT molecular complexity index is 302. The fourth-order valence-corrected chi connectivity index (χ4v) is 0.794. The fourth-order valence-electron chi connectivity index (χ4n) is 0.794. The first-order chi connectivity index (χ1) is 7.39. The van der Waals surface area contributed by atoms with Gasteiger partial charge in [-0.1, -0.05) is 0 Å². The largest absolute Gasteiger partial charge is 0.462 e. The van der Waals surface area contributed by atoms with Crippen molar-refractivity contribution in [2.45, 2.75) is 26.4 Å². The second-order valence-electron chi connectivity index (χ2n) is 4.20. The quantitative estimate of drug-likeness (QED) is 0.597. The molecule has 0 aliphatic heterocycles. The molecule has 0 atom stereocenters. The Morgan fingerprint density at radius 3 is 2.00 bits per heavy atom. The van der Waals surface area contributed by atoms with Crippen molar-refractivity contribution in [2.75, 3.05) is 18.1 Å². The third kappa shape index (κ3) is 7.67. The molecule has 0 fully saturated rings. The molecule has 0 aliphatic carbocycles. The monoisotopic (exact) mass is 224 g/mol. The van der Waals surface area contributed by atoms with Crippen LogP contribution in [0.1, 0.15) is 20.8 Å². The normalized spacial score (nSPS) is 9.75. The van der Waals surface area contributed by atoms with Crippen LogP contribution in [-0.4, -0.2) is 19.1 Å². The molecule has 0 bridgehead atoms. The molecule has 0 unspecified atom stereocenters. The maximum Gasteiger partial charge on any atom is 0.293 e. The molecule has 3 N–H and O–H groups in total. The van der Waals surface area contributed by atoms with Crippen LogP contribution in [0.5, 0.6) is 0 Å². The van der Waals surface area contributed by atoms with Crippen molar-refractivity contribution in [1.82, 2.24) is 0 Å². The highest BCUT2D eigenvalue weighted by Crippen LogP contribution is 2.08. The minimum Gasteiger partial charge on any atom is -0.462 e. The van der Waals surface area contributed by atoms with E-state index in [0.29, 0.717) is 6.47 Å². The maximum absolute atomic E-state index is 9.60. The van der Waals surface area contributed by atoms with Crippen LogP contribution in [0, 0.1) is 0 Å². The van der Waals surface area contributed by atoms with Gasteiger partial charge >= 0.3 is 0 Å². The Hall–Kier alpha value is -1.71. The summed E-state index contributed by atoms with van der Waals surface area (Å²) in [5, 5.41) is 3.00. The number of nitrogens with one attached hydrogen (secondary N) is 1. The zero-order chi connectivity index (χ0) is 12.6. The summed E-state index contributed by atoms with van der Waals surface area (Å²) in [6.45, 7) is 5.92. The lowest BCUT2D eigenvalue weighted by Gasteiger charge is -2.14. The van der Waals surface area contributed by atoms with Gasteiger partial charge in [0, 0.05) is 18.4 Å². The van der Waals surface area contributed by atoms with Crippen LogP contribution in [0.2, 0.25) is 0 Å². The molecule has 90 valence electrons. The van der Waals surface area contributed by atoms with E-state index in [1.807, 2.05) is 52.1 Å². The van der Waals surface area contributed by atoms with Crippen molar-refractivity contribution in [3.8, 4) is 0 Å². The molecule has 0 aliphatic rings. The first-order valence-corrected chi connectivity index (χ1v) is 5.04. The molecular weight excluding hydrogens is 204 g/mol. The molecule has 0 amide bonds. The molecule has 16 heavy (non-hydrogen) atoms. The number of nitrogens with two attached hydrogens (primary N) is 1. The molecule has 0 heterocycles. The topological polar surface area (TPSA) is 64.3 Å². The van der Waals surface area contributed by atoms with E-state index in [2.05, 4.69) is 10.1 Å². The molecule has 1 rings (SSSR count). The summed E-state index contributed by atoms with van der Waals surface area (Å²) >= 11 is 0. The summed E-state index contributed by atoms with van der Waals surface area (Å²) in [6, 6.07) is 7.61. The van der Waals surface area contributed by atoms with Crippen molar-refractivity contribution in [3.05, 3.63) is 24.3 Å². The molecule has 0 saturated carbocycles. The van der Waals surface area contributed by atoms with E-state index < -0.39 is 0 Å². The molecule has 0 aromatic heterocycles. The molecule has 4 heteroatoms. The molecule has 1 aromatic carbocycles. The number of carbonyl (C=O) groups excluding carboxylic acids is 1. The van der Waals surface area contributed by atoms with Crippen molar-refractivity contribution in [1.29, 1.82) is 0 Å². The highest BCUT2D eigenvalue weighted by atomic mass is 16.5. The summed E-state index contributed by atoms with van der Waals surface area (Å²) in [4.78, 5) is 9.60. The summed E-state index contributed by atoms with van der Waals surface area (Å²) in [6.07, 6.45) is 0. The lowest BCUT2D eigenvalue weighted by atomic mass is 10.2. The van der Waals surface area contributed by atoms with Crippen LogP contribution in [-0.2, 0) is 9.53 Å². The van der Waals surface area contributed by atoms with Crippen molar-refractivity contribution in [3.63, 3.8) is 0 Å². The van der Waals surface area contributed by atoms with E-state index >= 15 is 0 Å². The van der Waals surface area contributed by atoms with Gasteiger partial charge in [-0.2, -0.15) is 0 Å².